The minimum absolute atomic E-state index is 0.0141. The maximum Gasteiger partial charge on any atom is 0.271 e. The highest BCUT2D eigenvalue weighted by molar-refractivity contribution is 5.79. The topological polar surface area (TPSA) is 86.7 Å². The molecule has 1 aromatic carbocycles. The van der Waals surface area contributed by atoms with Crippen LogP contribution >= 0.6 is 0 Å². The standard InChI is InChI=1S/C11H7N5O2/c17-16(18)8-2-3-9-10(6-8)15(7-14-9)11-12-4-1-5-13-11/h1-7H. The van der Waals surface area contributed by atoms with Gasteiger partial charge in [-0.15, -0.1) is 0 Å². The Morgan fingerprint density at radius 1 is 1.17 bits per heavy atom. The van der Waals surface area contributed by atoms with E-state index < -0.39 is 4.92 Å². The Morgan fingerprint density at radius 3 is 2.67 bits per heavy atom. The fourth-order valence-corrected chi connectivity index (χ4v) is 1.68. The minimum Gasteiger partial charge on any atom is -0.267 e. The first-order valence-electron chi connectivity index (χ1n) is 5.14. The predicted octanol–water partition coefficient (Wildman–Crippen LogP) is 1.72. The molecule has 88 valence electrons. The van der Waals surface area contributed by atoms with Crippen LogP contribution in [0.25, 0.3) is 17.0 Å². The zero-order chi connectivity index (χ0) is 12.5. The van der Waals surface area contributed by atoms with E-state index in [9.17, 15) is 10.1 Å². The summed E-state index contributed by atoms with van der Waals surface area (Å²) in [5.41, 5.74) is 1.28. The largest absolute Gasteiger partial charge is 0.271 e. The third kappa shape index (κ3) is 1.58. The van der Waals surface area contributed by atoms with Crippen LogP contribution in [0.4, 0.5) is 5.69 Å². The molecule has 2 aromatic heterocycles. The first kappa shape index (κ1) is 10.3. The second-order valence-corrected chi connectivity index (χ2v) is 3.59. The van der Waals surface area contributed by atoms with Gasteiger partial charge in [-0.3, -0.25) is 14.7 Å². The molecule has 0 aliphatic heterocycles. The highest BCUT2D eigenvalue weighted by Gasteiger charge is 2.11. The fourth-order valence-electron chi connectivity index (χ4n) is 1.68. The molecule has 0 spiro atoms. The van der Waals surface area contributed by atoms with Crippen LogP contribution in [0, 0.1) is 10.1 Å². The van der Waals surface area contributed by atoms with E-state index >= 15 is 0 Å². The van der Waals surface area contributed by atoms with Gasteiger partial charge in [0.1, 0.15) is 6.33 Å². The second-order valence-electron chi connectivity index (χ2n) is 3.59. The number of fused-ring (bicyclic) bond motifs is 1. The lowest BCUT2D eigenvalue weighted by Crippen LogP contribution is -1.98. The maximum absolute atomic E-state index is 10.8. The Bertz CT molecular complexity index is 723. The molecule has 0 saturated heterocycles. The summed E-state index contributed by atoms with van der Waals surface area (Å²) in [5.74, 6) is 0.431. The molecule has 3 rings (SSSR count). The van der Waals surface area contributed by atoms with Crippen molar-refractivity contribution in [2.45, 2.75) is 0 Å². The molecule has 0 aliphatic rings. The molecule has 0 aliphatic carbocycles. The van der Waals surface area contributed by atoms with Crippen molar-refractivity contribution >= 4 is 16.7 Å². The molecule has 0 bridgehead atoms. The summed E-state index contributed by atoms with van der Waals surface area (Å²) in [4.78, 5) is 22.6. The Balaban J connectivity index is 2.24. The van der Waals surface area contributed by atoms with Crippen molar-refractivity contribution in [1.29, 1.82) is 0 Å². The lowest BCUT2D eigenvalue weighted by Gasteiger charge is -2.00. The molecule has 0 saturated carbocycles. The average molecular weight is 241 g/mol. The van der Waals surface area contributed by atoms with E-state index in [0.717, 1.165) is 0 Å². The smallest absolute Gasteiger partial charge is 0.267 e. The van der Waals surface area contributed by atoms with Crippen LogP contribution in [0.1, 0.15) is 0 Å². The number of nitrogens with zero attached hydrogens (tertiary/aromatic N) is 5. The Kier molecular flexibility index (Phi) is 2.23. The summed E-state index contributed by atoms with van der Waals surface area (Å²) >= 11 is 0. The molecular weight excluding hydrogens is 234 g/mol. The molecule has 0 fully saturated rings. The molecule has 7 heteroatoms. The molecule has 0 amide bonds. The monoisotopic (exact) mass is 241 g/mol. The average Bonchev–Trinajstić information content (AvgIpc) is 2.82. The van der Waals surface area contributed by atoms with Gasteiger partial charge in [-0.05, 0) is 12.1 Å². The number of rotatable bonds is 2. The summed E-state index contributed by atoms with van der Waals surface area (Å²) < 4.78 is 1.61. The molecule has 0 atom stereocenters. The van der Waals surface area contributed by atoms with Crippen molar-refractivity contribution in [2.24, 2.45) is 0 Å². The molecule has 0 radical (unpaired) electrons. The number of aromatic nitrogens is 4. The normalized spacial score (nSPS) is 10.7. The Labute approximate surface area is 101 Å². The van der Waals surface area contributed by atoms with Gasteiger partial charge in [0.2, 0.25) is 5.95 Å². The highest BCUT2D eigenvalue weighted by Crippen LogP contribution is 2.21. The molecule has 18 heavy (non-hydrogen) atoms. The molecule has 0 unspecified atom stereocenters. The zero-order valence-electron chi connectivity index (χ0n) is 9.09. The Hall–Kier alpha value is -2.83. The van der Waals surface area contributed by atoms with Gasteiger partial charge in [0, 0.05) is 24.5 Å². The van der Waals surface area contributed by atoms with Crippen LogP contribution < -0.4 is 0 Å². The lowest BCUT2D eigenvalue weighted by atomic mass is 10.3. The summed E-state index contributed by atoms with van der Waals surface area (Å²) in [6.07, 6.45) is 4.75. The summed E-state index contributed by atoms with van der Waals surface area (Å²) in [6, 6.07) is 6.18. The lowest BCUT2D eigenvalue weighted by molar-refractivity contribution is -0.384. The van der Waals surface area contributed by atoms with E-state index in [4.69, 9.17) is 0 Å². The third-order valence-electron chi connectivity index (χ3n) is 2.51. The van der Waals surface area contributed by atoms with Gasteiger partial charge in [0.25, 0.3) is 5.69 Å². The first-order chi connectivity index (χ1) is 8.75. The van der Waals surface area contributed by atoms with Gasteiger partial charge in [-0.1, -0.05) is 0 Å². The molecular formula is C11H7N5O2. The quantitative estimate of drug-likeness (QED) is 0.503. The van der Waals surface area contributed by atoms with E-state index in [1.807, 2.05) is 0 Å². The molecule has 0 N–H and O–H groups in total. The number of nitro benzene ring substituents is 1. The van der Waals surface area contributed by atoms with Crippen LogP contribution in [0.15, 0.2) is 43.0 Å². The van der Waals surface area contributed by atoms with E-state index in [-0.39, 0.29) is 5.69 Å². The van der Waals surface area contributed by atoms with E-state index in [1.54, 1.807) is 35.4 Å². The molecule has 2 heterocycles. The molecule has 7 nitrogen and oxygen atoms in total. The van der Waals surface area contributed by atoms with Gasteiger partial charge in [-0.2, -0.15) is 0 Å². The van der Waals surface area contributed by atoms with Crippen LogP contribution in [0.2, 0.25) is 0 Å². The van der Waals surface area contributed by atoms with E-state index in [2.05, 4.69) is 15.0 Å². The SMILES string of the molecule is O=[N+]([O-])c1ccc2ncn(-c3ncccn3)c2c1. The second kappa shape index (κ2) is 3.88. The highest BCUT2D eigenvalue weighted by atomic mass is 16.6. The van der Waals surface area contributed by atoms with Crippen molar-refractivity contribution in [3.8, 4) is 5.95 Å². The van der Waals surface area contributed by atoms with Crippen LogP contribution in [0.5, 0.6) is 0 Å². The van der Waals surface area contributed by atoms with Crippen LogP contribution in [-0.4, -0.2) is 24.4 Å². The summed E-state index contributed by atoms with van der Waals surface area (Å²) in [5, 5.41) is 10.8. The van der Waals surface area contributed by atoms with Crippen molar-refractivity contribution in [3.63, 3.8) is 0 Å². The fraction of sp³-hybridized carbons (Fsp3) is 0. The Morgan fingerprint density at radius 2 is 1.94 bits per heavy atom. The van der Waals surface area contributed by atoms with Crippen molar-refractivity contribution < 1.29 is 4.92 Å². The van der Waals surface area contributed by atoms with E-state index in [1.165, 1.54) is 12.1 Å². The number of hydrogen-bond acceptors (Lipinski definition) is 5. The van der Waals surface area contributed by atoms with Crippen molar-refractivity contribution in [2.75, 3.05) is 0 Å². The van der Waals surface area contributed by atoms with E-state index in [0.29, 0.717) is 17.0 Å². The van der Waals surface area contributed by atoms with Gasteiger partial charge >= 0.3 is 0 Å². The molecule has 3 aromatic rings. The van der Waals surface area contributed by atoms with Gasteiger partial charge in [0.05, 0.1) is 16.0 Å². The minimum atomic E-state index is -0.442. The van der Waals surface area contributed by atoms with Gasteiger partial charge in [-0.25, -0.2) is 15.0 Å². The number of nitro groups is 1. The maximum atomic E-state index is 10.8. The van der Waals surface area contributed by atoms with Crippen LogP contribution in [0.3, 0.4) is 0 Å². The number of hydrogen-bond donors (Lipinski definition) is 0. The third-order valence-corrected chi connectivity index (χ3v) is 2.51. The van der Waals surface area contributed by atoms with Gasteiger partial charge < -0.3 is 0 Å². The van der Waals surface area contributed by atoms with Crippen molar-refractivity contribution in [1.82, 2.24) is 19.5 Å². The van der Waals surface area contributed by atoms with Crippen LogP contribution in [-0.2, 0) is 0 Å². The predicted molar refractivity (Wildman–Crippen MR) is 63.3 cm³/mol. The number of non-ortho nitro benzene ring substituents is 1. The number of imidazole rings is 1. The summed E-state index contributed by atoms with van der Waals surface area (Å²) in [7, 11) is 0. The van der Waals surface area contributed by atoms with Crippen molar-refractivity contribution in [3.05, 3.63) is 53.1 Å². The van der Waals surface area contributed by atoms with Gasteiger partial charge in [0.15, 0.2) is 0 Å². The summed E-state index contributed by atoms with van der Waals surface area (Å²) in [6.45, 7) is 0. The zero-order valence-corrected chi connectivity index (χ0v) is 9.09. The number of benzene rings is 1. The first-order valence-corrected chi connectivity index (χ1v) is 5.14.